The summed E-state index contributed by atoms with van der Waals surface area (Å²) < 4.78 is 11.7. The maximum absolute atomic E-state index is 6.29. The molecule has 5 rings (SSSR count). The molecule has 1 unspecified atom stereocenters. The summed E-state index contributed by atoms with van der Waals surface area (Å²) in [4.78, 5) is 11.6. The van der Waals surface area contributed by atoms with Gasteiger partial charge in [0.25, 0.3) is 5.89 Å². The summed E-state index contributed by atoms with van der Waals surface area (Å²) in [5.74, 6) is 3.08. The summed E-state index contributed by atoms with van der Waals surface area (Å²) in [7, 11) is 0. The SMILES string of the molecule is CC1CCc2c(sc3nc(SCc4nnc(-c5ccc(Br)o5)o4)nc(N)c23)C1. The molecule has 7 nitrogen and oxygen atoms in total. The molecule has 2 N–H and O–H groups in total. The lowest BCUT2D eigenvalue weighted by atomic mass is 9.89. The number of nitrogens with two attached hydrogens (primary N) is 1. The van der Waals surface area contributed by atoms with Crippen molar-refractivity contribution in [3.05, 3.63) is 33.1 Å². The van der Waals surface area contributed by atoms with Crippen molar-refractivity contribution in [3.8, 4) is 11.7 Å². The highest BCUT2D eigenvalue weighted by Crippen LogP contribution is 2.40. The number of aromatic nitrogens is 4. The Kier molecular flexibility index (Phi) is 4.64. The Balaban J connectivity index is 1.36. The van der Waals surface area contributed by atoms with Gasteiger partial charge >= 0.3 is 0 Å². The van der Waals surface area contributed by atoms with Gasteiger partial charge in [0.05, 0.1) is 11.1 Å². The number of furan rings is 1. The molecule has 28 heavy (non-hydrogen) atoms. The highest BCUT2D eigenvalue weighted by atomic mass is 79.9. The van der Waals surface area contributed by atoms with Crippen LogP contribution in [0.1, 0.15) is 29.7 Å². The van der Waals surface area contributed by atoms with E-state index in [0.717, 1.165) is 23.1 Å². The Bertz CT molecular complexity index is 1170. The Morgan fingerprint density at radius 2 is 2.18 bits per heavy atom. The Hall–Kier alpha value is -1.91. The fourth-order valence-electron chi connectivity index (χ4n) is 3.38. The normalized spacial score (nSPS) is 16.6. The minimum absolute atomic E-state index is 0.345. The van der Waals surface area contributed by atoms with E-state index < -0.39 is 0 Å². The Morgan fingerprint density at radius 1 is 1.29 bits per heavy atom. The summed E-state index contributed by atoms with van der Waals surface area (Å²) in [6, 6.07) is 3.55. The van der Waals surface area contributed by atoms with Crippen LogP contribution in [0.3, 0.4) is 0 Å². The van der Waals surface area contributed by atoms with Crippen molar-refractivity contribution in [1.82, 2.24) is 20.2 Å². The van der Waals surface area contributed by atoms with Crippen molar-refractivity contribution in [3.63, 3.8) is 0 Å². The number of anilines is 1. The number of hydrogen-bond donors (Lipinski definition) is 1. The van der Waals surface area contributed by atoms with Crippen LogP contribution in [0, 0.1) is 5.92 Å². The van der Waals surface area contributed by atoms with Crippen molar-refractivity contribution >= 4 is 55.1 Å². The molecule has 4 heterocycles. The third-order valence-electron chi connectivity index (χ3n) is 4.74. The van der Waals surface area contributed by atoms with Gasteiger partial charge in [-0.05, 0) is 58.8 Å². The number of thioether (sulfide) groups is 1. The molecule has 4 aromatic heterocycles. The van der Waals surface area contributed by atoms with Crippen LogP contribution in [-0.4, -0.2) is 20.2 Å². The third-order valence-corrected chi connectivity index (χ3v) is 7.14. The highest BCUT2D eigenvalue weighted by molar-refractivity contribution is 9.10. The molecule has 144 valence electrons. The molecule has 0 amide bonds. The number of aryl methyl sites for hydroxylation is 1. The molecule has 0 bridgehead atoms. The Labute approximate surface area is 177 Å². The molecule has 1 atom stereocenters. The molecule has 0 aliphatic heterocycles. The van der Waals surface area contributed by atoms with Gasteiger partial charge in [-0.15, -0.1) is 21.5 Å². The van der Waals surface area contributed by atoms with Gasteiger partial charge in [-0.3, -0.25) is 0 Å². The molecule has 0 saturated carbocycles. The number of hydrogen-bond acceptors (Lipinski definition) is 9. The van der Waals surface area contributed by atoms with Crippen molar-refractivity contribution in [2.75, 3.05) is 5.73 Å². The largest absolute Gasteiger partial charge is 0.444 e. The molecule has 0 spiro atoms. The Morgan fingerprint density at radius 3 is 3.00 bits per heavy atom. The number of nitrogens with zero attached hydrogens (tertiary/aromatic N) is 4. The van der Waals surface area contributed by atoms with E-state index >= 15 is 0 Å². The first-order chi connectivity index (χ1) is 13.6. The molecule has 0 fully saturated rings. The second-order valence-electron chi connectivity index (χ2n) is 6.82. The monoisotopic (exact) mass is 477 g/mol. The molecule has 0 aromatic carbocycles. The highest BCUT2D eigenvalue weighted by Gasteiger charge is 2.23. The van der Waals surface area contributed by atoms with Crippen LogP contribution in [0.2, 0.25) is 0 Å². The summed E-state index contributed by atoms with van der Waals surface area (Å²) in [6.45, 7) is 2.30. The summed E-state index contributed by atoms with van der Waals surface area (Å²) in [5.41, 5.74) is 7.63. The van der Waals surface area contributed by atoms with Gasteiger partial charge in [0.1, 0.15) is 10.6 Å². The maximum atomic E-state index is 6.29. The summed E-state index contributed by atoms with van der Waals surface area (Å²) >= 11 is 6.44. The molecule has 1 aliphatic carbocycles. The fourth-order valence-corrected chi connectivity index (χ4v) is 5.82. The first kappa shape index (κ1) is 18.1. The van der Waals surface area contributed by atoms with Crippen molar-refractivity contribution in [1.29, 1.82) is 0 Å². The number of fused-ring (bicyclic) bond motifs is 3. The molecule has 0 saturated heterocycles. The zero-order chi connectivity index (χ0) is 19.3. The molecular weight excluding hydrogens is 462 g/mol. The van der Waals surface area contributed by atoms with Gasteiger partial charge in [-0.25, -0.2) is 9.97 Å². The average molecular weight is 478 g/mol. The maximum Gasteiger partial charge on any atom is 0.283 e. The number of rotatable bonds is 4. The van der Waals surface area contributed by atoms with E-state index in [4.69, 9.17) is 19.6 Å². The quantitative estimate of drug-likeness (QED) is 0.319. The third kappa shape index (κ3) is 3.33. The van der Waals surface area contributed by atoms with E-state index in [-0.39, 0.29) is 0 Å². The number of nitrogen functional groups attached to an aromatic ring is 1. The van der Waals surface area contributed by atoms with Crippen LogP contribution in [0.15, 0.2) is 30.8 Å². The van der Waals surface area contributed by atoms with E-state index in [1.807, 2.05) is 0 Å². The van der Waals surface area contributed by atoms with E-state index in [2.05, 4.69) is 38.0 Å². The van der Waals surface area contributed by atoms with Crippen molar-refractivity contribution < 1.29 is 8.83 Å². The lowest BCUT2D eigenvalue weighted by Crippen LogP contribution is -2.09. The zero-order valence-corrected chi connectivity index (χ0v) is 18.2. The second kappa shape index (κ2) is 7.16. The summed E-state index contributed by atoms with van der Waals surface area (Å²) in [5, 5.41) is 9.75. The molecule has 4 aromatic rings. The predicted octanol–water partition coefficient (Wildman–Crippen LogP) is 5.10. The smallest absolute Gasteiger partial charge is 0.283 e. The lowest BCUT2D eigenvalue weighted by molar-refractivity contribution is 0.486. The molecule has 1 aliphatic rings. The lowest BCUT2D eigenvalue weighted by Gasteiger charge is -2.17. The van der Waals surface area contributed by atoms with Crippen molar-refractivity contribution in [2.45, 2.75) is 37.1 Å². The predicted molar refractivity (Wildman–Crippen MR) is 112 cm³/mol. The fraction of sp³-hybridized carbons (Fsp3) is 0.333. The minimum Gasteiger partial charge on any atom is -0.444 e. The number of thiophene rings is 1. The van der Waals surface area contributed by atoms with Crippen LogP contribution in [0.4, 0.5) is 5.82 Å². The first-order valence-electron chi connectivity index (χ1n) is 8.85. The van der Waals surface area contributed by atoms with Gasteiger partial charge < -0.3 is 14.6 Å². The standard InChI is InChI=1S/C18H16BrN5O2S2/c1-8-2-3-9-11(6-8)28-17-14(9)15(20)21-18(22-17)27-7-13-23-24-16(26-13)10-4-5-12(19)25-10/h4-5,8H,2-3,6-7H2,1H3,(H2,20,21,22). The van der Waals surface area contributed by atoms with Gasteiger partial charge in [0, 0.05) is 4.88 Å². The van der Waals surface area contributed by atoms with Crippen LogP contribution < -0.4 is 5.73 Å². The van der Waals surface area contributed by atoms with E-state index in [1.54, 1.807) is 23.5 Å². The minimum atomic E-state index is 0.345. The van der Waals surface area contributed by atoms with Crippen molar-refractivity contribution in [2.24, 2.45) is 5.92 Å². The van der Waals surface area contributed by atoms with E-state index in [1.165, 1.54) is 28.6 Å². The van der Waals surface area contributed by atoms with Gasteiger partial charge in [-0.2, -0.15) is 0 Å². The second-order valence-corrected chi connectivity index (χ2v) is 9.62. The van der Waals surface area contributed by atoms with Gasteiger partial charge in [-0.1, -0.05) is 18.7 Å². The summed E-state index contributed by atoms with van der Waals surface area (Å²) in [6.07, 6.45) is 3.36. The molecule has 10 heteroatoms. The topological polar surface area (TPSA) is 104 Å². The van der Waals surface area contributed by atoms with Crippen LogP contribution in [0.25, 0.3) is 21.9 Å². The van der Waals surface area contributed by atoms with Gasteiger partial charge in [0.2, 0.25) is 5.89 Å². The molecular formula is C18H16BrN5O2S2. The average Bonchev–Trinajstić information content (AvgIpc) is 3.37. The van der Waals surface area contributed by atoms with E-state index in [9.17, 15) is 0 Å². The van der Waals surface area contributed by atoms with Crippen LogP contribution >= 0.6 is 39.0 Å². The van der Waals surface area contributed by atoms with Crippen LogP contribution in [0.5, 0.6) is 0 Å². The van der Waals surface area contributed by atoms with Crippen LogP contribution in [-0.2, 0) is 18.6 Å². The number of halogens is 1. The first-order valence-corrected chi connectivity index (χ1v) is 11.4. The van der Waals surface area contributed by atoms with Gasteiger partial charge in [0.15, 0.2) is 15.6 Å². The molecule has 0 radical (unpaired) electrons. The van der Waals surface area contributed by atoms with E-state index in [0.29, 0.717) is 44.9 Å². The zero-order valence-electron chi connectivity index (χ0n) is 14.9.